The monoisotopic (exact) mass is 348 g/mol. The molecule has 1 atom stereocenters. The first-order valence-corrected chi connectivity index (χ1v) is 9.26. The fraction of sp³-hybridized carbons (Fsp3) is 0.722. The van der Waals surface area contributed by atoms with Crippen LogP contribution in [0.25, 0.3) is 0 Å². The van der Waals surface area contributed by atoms with Gasteiger partial charge in [-0.05, 0) is 38.0 Å². The summed E-state index contributed by atoms with van der Waals surface area (Å²) in [6.45, 7) is 1.48. The van der Waals surface area contributed by atoms with Crippen molar-refractivity contribution in [3.8, 4) is 0 Å². The smallest absolute Gasteiger partial charge is 0.222 e. The quantitative estimate of drug-likeness (QED) is 0.773. The van der Waals surface area contributed by atoms with Crippen molar-refractivity contribution in [2.24, 2.45) is 13.0 Å². The van der Waals surface area contributed by atoms with Crippen molar-refractivity contribution in [1.29, 1.82) is 0 Å². The molecule has 0 bridgehead atoms. The molecule has 2 amide bonds. The summed E-state index contributed by atoms with van der Waals surface area (Å²) in [5.41, 5.74) is 0.985. The minimum Gasteiger partial charge on any atom is -0.393 e. The van der Waals surface area contributed by atoms with Crippen LogP contribution < -0.4 is 5.32 Å². The van der Waals surface area contributed by atoms with Gasteiger partial charge >= 0.3 is 0 Å². The molecule has 0 spiro atoms. The molecule has 2 aliphatic rings. The van der Waals surface area contributed by atoms with Crippen LogP contribution in [0.15, 0.2) is 12.4 Å². The molecule has 0 radical (unpaired) electrons. The predicted molar refractivity (Wildman–Crippen MR) is 92.5 cm³/mol. The number of aromatic nitrogens is 2. The molecule has 7 nitrogen and oxygen atoms in total. The lowest BCUT2D eigenvalue weighted by atomic mass is 9.75. The van der Waals surface area contributed by atoms with Gasteiger partial charge in [-0.2, -0.15) is 5.10 Å². The SMILES string of the molecule is Cn1cc(C(NC(=O)CCCN2CCCCC2=O)C2CC(O)C2)cn1. The zero-order valence-electron chi connectivity index (χ0n) is 14.9. The molecule has 1 aliphatic carbocycles. The molecule has 2 heterocycles. The van der Waals surface area contributed by atoms with E-state index in [2.05, 4.69) is 10.4 Å². The van der Waals surface area contributed by atoms with Gasteiger partial charge in [0.15, 0.2) is 0 Å². The second-order valence-corrected chi connectivity index (χ2v) is 7.32. The van der Waals surface area contributed by atoms with Crippen molar-refractivity contribution in [2.45, 2.75) is 57.1 Å². The van der Waals surface area contributed by atoms with Crippen LogP contribution in [0.3, 0.4) is 0 Å². The van der Waals surface area contributed by atoms with Gasteiger partial charge in [0, 0.05) is 44.7 Å². The molecular weight excluding hydrogens is 320 g/mol. The molecule has 25 heavy (non-hydrogen) atoms. The first-order chi connectivity index (χ1) is 12.0. The van der Waals surface area contributed by atoms with E-state index in [0.29, 0.717) is 38.6 Å². The fourth-order valence-electron chi connectivity index (χ4n) is 3.75. The van der Waals surface area contributed by atoms with Crippen LogP contribution in [0, 0.1) is 5.92 Å². The summed E-state index contributed by atoms with van der Waals surface area (Å²) < 4.78 is 1.73. The van der Waals surface area contributed by atoms with Crippen molar-refractivity contribution in [3.63, 3.8) is 0 Å². The Labute approximate surface area is 148 Å². The van der Waals surface area contributed by atoms with Gasteiger partial charge in [0.25, 0.3) is 0 Å². The van der Waals surface area contributed by atoms with Crippen LogP contribution in [0.1, 0.15) is 56.6 Å². The number of nitrogens with zero attached hydrogens (tertiary/aromatic N) is 3. The number of aliphatic hydroxyl groups excluding tert-OH is 1. The molecular formula is C18H28N4O3. The van der Waals surface area contributed by atoms with E-state index in [0.717, 1.165) is 24.9 Å². The van der Waals surface area contributed by atoms with Crippen LogP contribution >= 0.6 is 0 Å². The van der Waals surface area contributed by atoms with Gasteiger partial charge < -0.3 is 15.3 Å². The summed E-state index contributed by atoms with van der Waals surface area (Å²) in [6.07, 6.45) is 8.64. The molecule has 1 saturated heterocycles. The normalized spacial score (nSPS) is 24.7. The third-order valence-electron chi connectivity index (χ3n) is 5.27. The summed E-state index contributed by atoms with van der Waals surface area (Å²) >= 11 is 0. The summed E-state index contributed by atoms with van der Waals surface area (Å²) in [5, 5.41) is 16.9. The third kappa shape index (κ3) is 4.60. The maximum Gasteiger partial charge on any atom is 0.222 e. The minimum atomic E-state index is -0.258. The van der Waals surface area contributed by atoms with E-state index in [1.54, 1.807) is 10.9 Å². The summed E-state index contributed by atoms with van der Waals surface area (Å²) in [7, 11) is 1.85. The third-order valence-corrected chi connectivity index (χ3v) is 5.27. The van der Waals surface area contributed by atoms with Crippen molar-refractivity contribution in [2.75, 3.05) is 13.1 Å². The molecule has 1 aliphatic heterocycles. The number of carbonyl (C=O) groups excluding carboxylic acids is 2. The maximum atomic E-state index is 12.4. The molecule has 138 valence electrons. The number of piperidine rings is 1. The number of rotatable bonds is 7. The average Bonchev–Trinajstić information content (AvgIpc) is 2.98. The lowest BCUT2D eigenvalue weighted by molar-refractivity contribution is -0.133. The Bertz CT molecular complexity index is 609. The minimum absolute atomic E-state index is 0.000277. The number of carbonyl (C=O) groups is 2. The highest BCUT2D eigenvalue weighted by Crippen LogP contribution is 2.38. The van der Waals surface area contributed by atoms with Crippen LogP contribution in [0.2, 0.25) is 0 Å². The summed E-state index contributed by atoms with van der Waals surface area (Å²) in [4.78, 5) is 26.0. The second-order valence-electron chi connectivity index (χ2n) is 7.32. The number of hydrogen-bond acceptors (Lipinski definition) is 4. The highest BCUT2D eigenvalue weighted by molar-refractivity contribution is 5.77. The van der Waals surface area contributed by atoms with Crippen molar-refractivity contribution < 1.29 is 14.7 Å². The molecule has 1 unspecified atom stereocenters. The Morgan fingerprint density at radius 1 is 1.44 bits per heavy atom. The number of likely N-dealkylation sites (tertiary alicyclic amines) is 1. The number of hydrogen-bond donors (Lipinski definition) is 2. The van der Waals surface area contributed by atoms with Gasteiger partial charge in [0.2, 0.25) is 11.8 Å². The van der Waals surface area contributed by atoms with Crippen molar-refractivity contribution >= 4 is 11.8 Å². The molecule has 2 fully saturated rings. The molecule has 1 aromatic rings. The van der Waals surface area contributed by atoms with Gasteiger partial charge in [-0.15, -0.1) is 0 Å². The largest absolute Gasteiger partial charge is 0.393 e. The highest BCUT2D eigenvalue weighted by Gasteiger charge is 2.36. The Kier molecular flexibility index (Phi) is 5.73. The van der Waals surface area contributed by atoms with Gasteiger partial charge in [-0.1, -0.05) is 0 Å². The highest BCUT2D eigenvalue weighted by atomic mass is 16.3. The Morgan fingerprint density at radius 3 is 2.88 bits per heavy atom. The van der Waals surface area contributed by atoms with Crippen molar-refractivity contribution in [1.82, 2.24) is 20.0 Å². The lowest BCUT2D eigenvalue weighted by Gasteiger charge is -2.37. The molecule has 0 aromatic carbocycles. The van der Waals surface area contributed by atoms with Crippen LogP contribution in [0.5, 0.6) is 0 Å². The second kappa shape index (κ2) is 7.99. The molecule has 1 saturated carbocycles. The standard InChI is InChI=1S/C18H28N4O3/c1-21-12-14(11-19-21)18(13-9-15(23)10-13)20-16(24)5-4-8-22-7-3-2-6-17(22)25/h11-13,15,18,23H,2-10H2,1H3,(H,20,24). The zero-order valence-corrected chi connectivity index (χ0v) is 14.9. The summed E-state index contributed by atoms with van der Waals surface area (Å²) in [6, 6.07) is -0.0961. The molecule has 7 heteroatoms. The number of nitrogens with one attached hydrogen (secondary N) is 1. The molecule has 1 aromatic heterocycles. The number of amides is 2. The Morgan fingerprint density at radius 2 is 2.24 bits per heavy atom. The average molecular weight is 348 g/mol. The van der Waals surface area contributed by atoms with Crippen LogP contribution in [0.4, 0.5) is 0 Å². The maximum absolute atomic E-state index is 12.4. The fourth-order valence-corrected chi connectivity index (χ4v) is 3.75. The Hall–Kier alpha value is -1.89. The van der Waals surface area contributed by atoms with Crippen LogP contribution in [-0.4, -0.2) is 50.8 Å². The topological polar surface area (TPSA) is 87.5 Å². The van der Waals surface area contributed by atoms with Gasteiger partial charge in [-0.3, -0.25) is 14.3 Å². The first kappa shape index (κ1) is 17.9. The van der Waals surface area contributed by atoms with E-state index in [1.807, 2.05) is 18.1 Å². The first-order valence-electron chi connectivity index (χ1n) is 9.26. The lowest BCUT2D eigenvalue weighted by Crippen LogP contribution is -2.41. The zero-order chi connectivity index (χ0) is 17.8. The summed E-state index contributed by atoms with van der Waals surface area (Å²) in [5.74, 6) is 0.467. The van der Waals surface area contributed by atoms with Gasteiger partial charge in [-0.25, -0.2) is 0 Å². The van der Waals surface area contributed by atoms with E-state index >= 15 is 0 Å². The molecule has 2 N–H and O–H groups in total. The van der Waals surface area contributed by atoms with E-state index in [4.69, 9.17) is 0 Å². The Balaban J connectivity index is 1.49. The van der Waals surface area contributed by atoms with Gasteiger partial charge in [0.1, 0.15) is 0 Å². The van der Waals surface area contributed by atoms with Crippen LogP contribution in [-0.2, 0) is 16.6 Å². The van der Waals surface area contributed by atoms with Crippen molar-refractivity contribution in [3.05, 3.63) is 18.0 Å². The number of aryl methyl sites for hydroxylation is 1. The number of aliphatic hydroxyl groups is 1. The van der Waals surface area contributed by atoms with E-state index in [-0.39, 0.29) is 29.9 Å². The van der Waals surface area contributed by atoms with E-state index < -0.39 is 0 Å². The van der Waals surface area contributed by atoms with E-state index in [1.165, 1.54) is 0 Å². The molecule has 3 rings (SSSR count). The van der Waals surface area contributed by atoms with E-state index in [9.17, 15) is 14.7 Å². The predicted octanol–water partition coefficient (Wildman–Crippen LogP) is 1.14. The van der Waals surface area contributed by atoms with Gasteiger partial charge in [0.05, 0.1) is 18.3 Å².